The van der Waals surface area contributed by atoms with Gasteiger partial charge in [-0.1, -0.05) is 36.4 Å². The summed E-state index contributed by atoms with van der Waals surface area (Å²) in [5.41, 5.74) is 4.76. The molecule has 4 rings (SSSR count). The van der Waals surface area contributed by atoms with Gasteiger partial charge >= 0.3 is 5.97 Å². The Morgan fingerprint density at radius 3 is 2.42 bits per heavy atom. The lowest BCUT2D eigenvalue weighted by molar-refractivity contribution is -0.110. The van der Waals surface area contributed by atoms with Crippen LogP contribution in [0, 0.1) is 0 Å². The summed E-state index contributed by atoms with van der Waals surface area (Å²) < 4.78 is 5.08. The van der Waals surface area contributed by atoms with Gasteiger partial charge in [-0.2, -0.15) is 0 Å². The minimum atomic E-state index is -0.410. The molecule has 0 bridgehead atoms. The number of hydrogen-bond donors (Lipinski definition) is 2. The molecule has 0 radical (unpaired) electrons. The molecule has 0 saturated carbocycles. The number of thioether (sulfide) groups is 1. The van der Waals surface area contributed by atoms with Gasteiger partial charge < -0.3 is 15.4 Å². The maximum atomic E-state index is 13.0. The summed E-state index contributed by atoms with van der Waals surface area (Å²) >= 11 is 1.67. The lowest BCUT2D eigenvalue weighted by Gasteiger charge is -2.15. The zero-order valence-corrected chi connectivity index (χ0v) is 18.1. The van der Waals surface area contributed by atoms with Gasteiger partial charge in [-0.3, -0.25) is 4.79 Å². The highest BCUT2D eigenvalue weighted by atomic mass is 32.2. The van der Waals surface area contributed by atoms with Crippen molar-refractivity contribution in [2.24, 2.45) is 0 Å². The number of carbonyl (C=O) groups excluding carboxylic acids is 2. The Labute approximate surface area is 185 Å². The molecule has 6 heteroatoms. The summed E-state index contributed by atoms with van der Waals surface area (Å²) in [6.45, 7) is 2.06. The van der Waals surface area contributed by atoms with Crippen molar-refractivity contribution in [2.45, 2.75) is 11.8 Å². The molecule has 3 aromatic rings. The largest absolute Gasteiger partial charge is 0.462 e. The van der Waals surface area contributed by atoms with Crippen molar-refractivity contribution in [3.05, 3.63) is 89.5 Å². The van der Waals surface area contributed by atoms with E-state index >= 15 is 0 Å². The Balaban J connectivity index is 1.81. The number of rotatable bonds is 6. The van der Waals surface area contributed by atoms with Crippen LogP contribution in [0.1, 0.15) is 28.4 Å². The van der Waals surface area contributed by atoms with E-state index in [1.54, 1.807) is 36.9 Å². The molecule has 1 amide bonds. The molecule has 0 aromatic heterocycles. The molecule has 1 aliphatic heterocycles. The molecule has 1 heterocycles. The van der Waals surface area contributed by atoms with E-state index in [1.165, 1.54) is 0 Å². The molecule has 3 aromatic carbocycles. The van der Waals surface area contributed by atoms with Crippen molar-refractivity contribution >= 4 is 46.3 Å². The average molecular weight is 431 g/mol. The predicted molar refractivity (Wildman–Crippen MR) is 126 cm³/mol. The van der Waals surface area contributed by atoms with E-state index < -0.39 is 5.97 Å². The Morgan fingerprint density at radius 1 is 1.00 bits per heavy atom. The molecule has 31 heavy (non-hydrogen) atoms. The second-order valence-corrected chi connectivity index (χ2v) is 7.78. The van der Waals surface area contributed by atoms with Crippen molar-refractivity contribution in [3.63, 3.8) is 0 Å². The van der Waals surface area contributed by atoms with Crippen molar-refractivity contribution in [2.75, 3.05) is 23.5 Å². The van der Waals surface area contributed by atoms with Crippen molar-refractivity contribution in [1.29, 1.82) is 0 Å². The smallest absolute Gasteiger partial charge is 0.338 e. The number of amides is 1. The van der Waals surface area contributed by atoms with Gasteiger partial charge in [0, 0.05) is 16.1 Å². The van der Waals surface area contributed by atoms with Gasteiger partial charge in [0.1, 0.15) is 0 Å². The number of esters is 1. The summed E-state index contributed by atoms with van der Waals surface area (Å²) in [5, 5.41) is 6.33. The third kappa shape index (κ3) is 4.34. The van der Waals surface area contributed by atoms with Gasteiger partial charge in [0.25, 0.3) is 5.91 Å². The molecule has 0 aliphatic carbocycles. The highest BCUT2D eigenvalue weighted by Crippen LogP contribution is 2.38. The molecule has 1 aliphatic rings. The van der Waals surface area contributed by atoms with Crippen LogP contribution in [0.15, 0.2) is 77.7 Å². The molecule has 5 nitrogen and oxygen atoms in total. The number of hydrogen-bond acceptors (Lipinski definition) is 5. The van der Waals surface area contributed by atoms with E-state index in [4.69, 9.17) is 4.74 Å². The first kappa shape index (κ1) is 20.8. The van der Waals surface area contributed by atoms with Crippen LogP contribution in [0.3, 0.4) is 0 Å². The Bertz CT molecular complexity index is 1160. The Hall–Kier alpha value is -3.51. The third-order valence-corrected chi connectivity index (χ3v) is 5.69. The fourth-order valence-electron chi connectivity index (χ4n) is 3.46. The van der Waals surface area contributed by atoms with Crippen LogP contribution in [0.25, 0.3) is 11.3 Å². The number of ether oxygens (including phenoxy) is 1. The highest BCUT2D eigenvalue weighted by Gasteiger charge is 2.29. The van der Waals surface area contributed by atoms with Crippen LogP contribution in [0.2, 0.25) is 0 Å². The van der Waals surface area contributed by atoms with Crippen molar-refractivity contribution in [1.82, 2.24) is 0 Å². The molecular weight excluding hydrogens is 408 g/mol. The lowest BCUT2D eigenvalue weighted by atomic mass is 9.99. The maximum Gasteiger partial charge on any atom is 0.338 e. The highest BCUT2D eigenvalue weighted by molar-refractivity contribution is 7.98. The van der Waals surface area contributed by atoms with Crippen LogP contribution >= 0.6 is 11.8 Å². The number of anilines is 2. The standard InChI is InChI=1S/C25H22N2O3S/c1-3-30-25(29)17-9-14-20-21(15-17)27-24(28)22(20)23(16-7-5-4-6-8-16)26-18-10-12-19(31-2)13-11-18/h4-15,26H,3H2,1-2H3,(H,27,28). The average Bonchev–Trinajstić information content (AvgIpc) is 3.13. The topological polar surface area (TPSA) is 67.4 Å². The van der Waals surface area contributed by atoms with E-state index in [2.05, 4.69) is 10.6 Å². The predicted octanol–water partition coefficient (Wildman–Crippen LogP) is 5.52. The number of benzene rings is 3. The summed E-state index contributed by atoms with van der Waals surface area (Å²) in [6.07, 6.45) is 2.03. The summed E-state index contributed by atoms with van der Waals surface area (Å²) in [4.78, 5) is 26.3. The first-order valence-electron chi connectivity index (χ1n) is 9.94. The first-order chi connectivity index (χ1) is 15.1. The van der Waals surface area contributed by atoms with Gasteiger partial charge in [-0.15, -0.1) is 11.8 Å². The quantitative estimate of drug-likeness (QED) is 0.306. The monoisotopic (exact) mass is 430 g/mol. The fourth-order valence-corrected chi connectivity index (χ4v) is 3.87. The first-order valence-corrected chi connectivity index (χ1v) is 11.2. The molecular formula is C25H22N2O3S. The van der Waals surface area contributed by atoms with Crippen molar-refractivity contribution < 1.29 is 14.3 Å². The minimum absolute atomic E-state index is 0.219. The zero-order chi connectivity index (χ0) is 21.8. The van der Waals surface area contributed by atoms with Crippen LogP contribution in [0.5, 0.6) is 0 Å². The van der Waals surface area contributed by atoms with Crippen LogP contribution in [-0.4, -0.2) is 24.7 Å². The molecule has 156 valence electrons. The van der Waals surface area contributed by atoms with Crippen molar-refractivity contribution in [3.8, 4) is 0 Å². The third-order valence-electron chi connectivity index (χ3n) is 4.95. The van der Waals surface area contributed by atoms with Crippen LogP contribution < -0.4 is 10.6 Å². The van der Waals surface area contributed by atoms with E-state index in [0.29, 0.717) is 29.1 Å². The number of fused-ring (bicyclic) bond motifs is 1. The minimum Gasteiger partial charge on any atom is -0.462 e. The Morgan fingerprint density at radius 2 is 1.74 bits per heavy atom. The van der Waals surface area contributed by atoms with E-state index in [-0.39, 0.29) is 5.91 Å². The van der Waals surface area contributed by atoms with E-state index in [9.17, 15) is 9.59 Å². The van der Waals surface area contributed by atoms with Gasteiger partial charge in [-0.05, 0) is 55.1 Å². The van der Waals surface area contributed by atoms with Gasteiger partial charge in [-0.25, -0.2) is 4.79 Å². The molecule has 0 unspecified atom stereocenters. The fraction of sp³-hybridized carbons (Fsp3) is 0.120. The molecule has 0 saturated heterocycles. The molecule has 0 atom stereocenters. The number of carbonyl (C=O) groups is 2. The van der Waals surface area contributed by atoms with Gasteiger partial charge in [0.2, 0.25) is 0 Å². The lowest BCUT2D eigenvalue weighted by Crippen LogP contribution is -2.10. The normalized spacial score (nSPS) is 13.9. The summed E-state index contributed by atoms with van der Waals surface area (Å²) in [7, 11) is 0. The zero-order valence-electron chi connectivity index (χ0n) is 17.3. The van der Waals surface area contributed by atoms with Crippen LogP contribution in [0.4, 0.5) is 11.4 Å². The van der Waals surface area contributed by atoms with Gasteiger partial charge in [0.15, 0.2) is 0 Å². The van der Waals surface area contributed by atoms with Gasteiger partial charge in [0.05, 0.1) is 29.1 Å². The summed E-state index contributed by atoms with van der Waals surface area (Å²) in [5.74, 6) is -0.629. The number of nitrogens with one attached hydrogen (secondary N) is 2. The van der Waals surface area contributed by atoms with E-state index in [0.717, 1.165) is 21.7 Å². The SMILES string of the molecule is CCOC(=O)c1ccc2c(c1)NC(=O)C2=C(Nc1ccc(SC)cc1)c1ccccc1. The molecule has 0 spiro atoms. The van der Waals surface area contributed by atoms with E-state index in [1.807, 2.05) is 60.9 Å². The summed E-state index contributed by atoms with van der Waals surface area (Å²) in [6, 6.07) is 22.9. The molecule has 0 fully saturated rings. The van der Waals surface area contributed by atoms with Crippen LogP contribution in [-0.2, 0) is 9.53 Å². The molecule has 2 N–H and O–H groups in total. The Kier molecular flexibility index (Phi) is 6.09. The maximum absolute atomic E-state index is 13.0. The second-order valence-electron chi connectivity index (χ2n) is 6.90. The second kappa shape index (κ2) is 9.10.